The van der Waals surface area contributed by atoms with Gasteiger partial charge >= 0.3 is 0 Å². The average Bonchev–Trinajstić information content (AvgIpc) is 3.09. The van der Waals surface area contributed by atoms with Crippen molar-refractivity contribution in [1.82, 2.24) is 20.2 Å². The average molecular weight is 358 g/mol. The predicted octanol–water partition coefficient (Wildman–Crippen LogP) is 4.37. The summed E-state index contributed by atoms with van der Waals surface area (Å²) in [6.07, 6.45) is 4.61. The molecular formula is C21H22N6. The van der Waals surface area contributed by atoms with E-state index < -0.39 is 0 Å². The van der Waals surface area contributed by atoms with Gasteiger partial charge in [-0.2, -0.15) is 10.1 Å². The zero-order chi connectivity index (χ0) is 18.6. The summed E-state index contributed by atoms with van der Waals surface area (Å²) in [5.41, 5.74) is 5.84. The molecule has 27 heavy (non-hydrogen) atoms. The van der Waals surface area contributed by atoms with Crippen LogP contribution in [0.25, 0.3) is 10.9 Å². The first-order valence-corrected chi connectivity index (χ1v) is 9.02. The van der Waals surface area contributed by atoms with Gasteiger partial charge in [0.15, 0.2) is 5.82 Å². The molecule has 0 aliphatic carbocycles. The van der Waals surface area contributed by atoms with Crippen molar-refractivity contribution in [3.63, 3.8) is 0 Å². The van der Waals surface area contributed by atoms with E-state index in [2.05, 4.69) is 75.1 Å². The van der Waals surface area contributed by atoms with Crippen LogP contribution < -0.4 is 10.6 Å². The summed E-state index contributed by atoms with van der Waals surface area (Å²) in [6.45, 7) is 4.93. The number of nitrogens with zero attached hydrogens (tertiary/aromatic N) is 3. The first-order chi connectivity index (χ1) is 13.2. The Morgan fingerprint density at radius 2 is 1.93 bits per heavy atom. The van der Waals surface area contributed by atoms with Gasteiger partial charge in [-0.1, -0.05) is 30.3 Å². The van der Waals surface area contributed by atoms with E-state index in [1.165, 1.54) is 22.1 Å². The summed E-state index contributed by atoms with van der Waals surface area (Å²) in [5, 5.41) is 16.0. The van der Waals surface area contributed by atoms with Crippen molar-refractivity contribution in [2.75, 3.05) is 17.2 Å². The Bertz CT molecular complexity index is 1070. The molecule has 0 spiro atoms. The lowest BCUT2D eigenvalue weighted by Crippen LogP contribution is -2.09. The number of nitrogens with one attached hydrogen (secondary N) is 3. The van der Waals surface area contributed by atoms with Crippen LogP contribution >= 0.6 is 0 Å². The van der Waals surface area contributed by atoms with Crippen molar-refractivity contribution in [1.29, 1.82) is 0 Å². The first kappa shape index (κ1) is 17.0. The van der Waals surface area contributed by atoms with Gasteiger partial charge in [-0.05, 0) is 49.1 Å². The number of hydrogen-bond acceptors (Lipinski definition) is 5. The van der Waals surface area contributed by atoms with Gasteiger partial charge in [0.05, 0.1) is 6.20 Å². The lowest BCUT2D eigenvalue weighted by Gasteiger charge is -2.10. The second kappa shape index (κ2) is 7.45. The molecule has 6 nitrogen and oxygen atoms in total. The van der Waals surface area contributed by atoms with E-state index in [0.717, 1.165) is 24.2 Å². The molecule has 6 heteroatoms. The Labute approximate surface area is 158 Å². The standard InChI is InChI=1S/C21H22N6/c1-14-6-5-9-18(15(14)2)25-21-26-20(13-24-27-21)22-11-10-16-12-23-19-8-4-3-7-17(16)19/h3-9,12-13,23H,10-11H2,1-2H3,(H2,22,25,26,27). The van der Waals surface area contributed by atoms with Crippen molar-refractivity contribution in [3.8, 4) is 0 Å². The summed E-state index contributed by atoms with van der Waals surface area (Å²) in [7, 11) is 0. The number of aromatic amines is 1. The number of fused-ring (bicyclic) bond motifs is 1. The van der Waals surface area contributed by atoms with E-state index in [1.807, 2.05) is 18.2 Å². The van der Waals surface area contributed by atoms with E-state index in [4.69, 9.17) is 0 Å². The normalized spacial score (nSPS) is 10.9. The molecule has 0 fully saturated rings. The van der Waals surface area contributed by atoms with Crippen LogP contribution in [-0.2, 0) is 6.42 Å². The molecule has 0 amide bonds. The summed E-state index contributed by atoms with van der Waals surface area (Å²) >= 11 is 0. The van der Waals surface area contributed by atoms with Gasteiger partial charge < -0.3 is 15.6 Å². The van der Waals surface area contributed by atoms with Crippen LogP contribution in [0.1, 0.15) is 16.7 Å². The molecule has 4 rings (SSSR count). The quantitative estimate of drug-likeness (QED) is 0.477. The Morgan fingerprint density at radius 1 is 1.04 bits per heavy atom. The Morgan fingerprint density at radius 3 is 2.85 bits per heavy atom. The Hall–Kier alpha value is -3.41. The van der Waals surface area contributed by atoms with Gasteiger partial charge in [-0.3, -0.25) is 0 Å². The Balaban J connectivity index is 1.41. The fraction of sp³-hybridized carbons (Fsp3) is 0.190. The zero-order valence-electron chi connectivity index (χ0n) is 15.5. The molecule has 0 saturated heterocycles. The second-order valence-electron chi connectivity index (χ2n) is 6.57. The van der Waals surface area contributed by atoms with Crippen molar-refractivity contribution >= 4 is 28.4 Å². The molecule has 3 N–H and O–H groups in total. The molecule has 2 aromatic carbocycles. The van der Waals surface area contributed by atoms with Crippen molar-refractivity contribution in [2.45, 2.75) is 20.3 Å². The monoisotopic (exact) mass is 358 g/mol. The second-order valence-corrected chi connectivity index (χ2v) is 6.57. The number of anilines is 3. The van der Waals surface area contributed by atoms with E-state index in [9.17, 15) is 0 Å². The van der Waals surface area contributed by atoms with Crippen molar-refractivity contribution < 1.29 is 0 Å². The van der Waals surface area contributed by atoms with Crippen LogP contribution in [-0.4, -0.2) is 26.7 Å². The molecule has 2 heterocycles. The number of benzene rings is 2. The van der Waals surface area contributed by atoms with Crippen LogP contribution in [0.15, 0.2) is 54.9 Å². The molecule has 136 valence electrons. The molecule has 2 aromatic heterocycles. The van der Waals surface area contributed by atoms with Crippen LogP contribution in [0.5, 0.6) is 0 Å². The summed E-state index contributed by atoms with van der Waals surface area (Å²) in [4.78, 5) is 7.82. The SMILES string of the molecule is Cc1cccc(Nc2nncc(NCCc3c[nH]c4ccccc34)n2)c1C. The van der Waals surface area contributed by atoms with Gasteiger partial charge in [0, 0.05) is 29.3 Å². The molecular weight excluding hydrogens is 336 g/mol. The van der Waals surface area contributed by atoms with E-state index in [1.54, 1.807) is 6.20 Å². The van der Waals surface area contributed by atoms with Crippen LogP contribution in [0.4, 0.5) is 17.5 Å². The molecule has 0 saturated carbocycles. The summed E-state index contributed by atoms with van der Waals surface area (Å²) in [6, 6.07) is 14.4. The summed E-state index contributed by atoms with van der Waals surface area (Å²) in [5.74, 6) is 1.19. The van der Waals surface area contributed by atoms with Gasteiger partial charge in [0.1, 0.15) is 0 Å². The minimum absolute atomic E-state index is 0.487. The van der Waals surface area contributed by atoms with Crippen LogP contribution in [0.2, 0.25) is 0 Å². The minimum Gasteiger partial charge on any atom is -0.368 e. The highest BCUT2D eigenvalue weighted by molar-refractivity contribution is 5.83. The largest absolute Gasteiger partial charge is 0.368 e. The third-order valence-corrected chi connectivity index (χ3v) is 4.79. The topological polar surface area (TPSA) is 78.5 Å². The number of aromatic nitrogens is 4. The molecule has 0 aliphatic heterocycles. The zero-order valence-corrected chi connectivity index (χ0v) is 15.5. The first-order valence-electron chi connectivity index (χ1n) is 9.02. The van der Waals surface area contributed by atoms with Gasteiger partial charge in [0.2, 0.25) is 5.95 Å². The number of rotatable bonds is 6. The van der Waals surface area contributed by atoms with Gasteiger partial charge in [0.25, 0.3) is 0 Å². The number of hydrogen-bond donors (Lipinski definition) is 3. The van der Waals surface area contributed by atoms with Crippen molar-refractivity contribution in [3.05, 3.63) is 71.5 Å². The molecule has 0 atom stereocenters. The number of H-pyrrole nitrogens is 1. The van der Waals surface area contributed by atoms with Gasteiger partial charge in [-0.15, -0.1) is 5.10 Å². The third-order valence-electron chi connectivity index (χ3n) is 4.79. The Kier molecular flexibility index (Phi) is 4.70. The van der Waals surface area contributed by atoms with E-state index in [-0.39, 0.29) is 0 Å². The number of aryl methyl sites for hydroxylation is 1. The van der Waals surface area contributed by atoms with Crippen LogP contribution in [0, 0.1) is 13.8 Å². The smallest absolute Gasteiger partial charge is 0.249 e. The molecule has 0 unspecified atom stereocenters. The van der Waals surface area contributed by atoms with Crippen molar-refractivity contribution in [2.24, 2.45) is 0 Å². The number of para-hydroxylation sites is 1. The molecule has 0 bridgehead atoms. The molecule has 0 radical (unpaired) electrons. The maximum Gasteiger partial charge on any atom is 0.249 e. The lowest BCUT2D eigenvalue weighted by atomic mass is 10.1. The van der Waals surface area contributed by atoms with Gasteiger partial charge in [-0.25, -0.2) is 0 Å². The minimum atomic E-state index is 0.487. The van der Waals surface area contributed by atoms with E-state index in [0.29, 0.717) is 11.8 Å². The highest BCUT2D eigenvalue weighted by Crippen LogP contribution is 2.21. The van der Waals surface area contributed by atoms with Crippen LogP contribution in [0.3, 0.4) is 0 Å². The predicted molar refractivity (Wildman–Crippen MR) is 110 cm³/mol. The fourth-order valence-corrected chi connectivity index (χ4v) is 3.11. The summed E-state index contributed by atoms with van der Waals surface area (Å²) < 4.78 is 0. The lowest BCUT2D eigenvalue weighted by molar-refractivity contribution is 0.952. The third kappa shape index (κ3) is 3.74. The molecule has 4 aromatic rings. The maximum atomic E-state index is 4.52. The fourth-order valence-electron chi connectivity index (χ4n) is 3.11. The highest BCUT2D eigenvalue weighted by Gasteiger charge is 2.06. The maximum absolute atomic E-state index is 4.52. The highest BCUT2D eigenvalue weighted by atomic mass is 15.3. The molecule has 0 aliphatic rings. The van der Waals surface area contributed by atoms with E-state index >= 15 is 0 Å².